The Balaban J connectivity index is 2.05. The van der Waals surface area contributed by atoms with Gasteiger partial charge < -0.3 is 10.1 Å². The van der Waals surface area contributed by atoms with Crippen LogP contribution < -0.4 is 5.32 Å². The Morgan fingerprint density at radius 1 is 1.00 bits per heavy atom. The van der Waals surface area contributed by atoms with Gasteiger partial charge in [0.1, 0.15) is 0 Å². The number of carbonyl (C=O) groups is 2. The van der Waals surface area contributed by atoms with Gasteiger partial charge in [-0.3, -0.25) is 4.79 Å². The molecule has 106 valence electrons. The van der Waals surface area contributed by atoms with Crippen LogP contribution in [0.25, 0.3) is 0 Å². The molecule has 2 rings (SSSR count). The number of hydrogen-bond donors (Lipinski definition) is 1. The lowest BCUT2D eigenvalue weighted by molar-refractivity contribution is 0.0600. The zero-order valence-corrected chi connectivity index (χ0v) is 11.6. The maximum Gasteiger partial charge on any atom is 0.337 e. The van der Waals surface area contributed by atoms with Crippen molar-refractivity contribution >= 4 is 17.4 Å². The second-order valence-electron chi connectivity index (χ2n) is 4.28. The Bertz CT molecular complexity index is 663. The first-order valence-corrected chi connectivity index (χ1v) is 6.41. The van der Waals surface area contributed by atoms with Gasteiger partial charge in [0, 0.05) is 23.5 Å². The van der Waals surface area contributed by atoms with Crippen LogP contribution in [0.4, 0.5) is 5.69 Å². The van der Waals surface area contributed by atoms with E-state index in [1.807, 2.05) is 30.3 Å². The van der Waals surface area contributed by atoms with Crippen LogP contribution in [-0.4, -0.2) is 18.9 Å². The number of ether oxygens (including phenoxy) is 1. The average Bonchev–Trinajstić information content (AvgIpc) is 2.55. The van der Waals surface area contributed by atoms with Crippen LogP contribution >= 0.6 is 0 Å². The van der Waals surface area contributed by atoms with Gasteiger partial charge in [0.2, 0.25) is 0 Å². The van der Waals surface area contributed by atoms with E-state index in [0.717, 1.165) is 5.69 Å². The molecule has 2 aromatic carbocycles. The summed E-state index contributed by atoms with van der Waals surface area (Å²) in [7, 11) is 1.31. The summed E-state index contributed by atoms with van der Waals surface area (Å²) in [6.45, 7) is 0. The first-order chi connectivity index (χ1) is 10.2. The quantitative estimate of drug-likeness (QED) is 0.519. The molecule has 0 saturated carbocycles. The molecule has 0 aliphatic carbocycles. The first-order valence-electron chi connectivity index (χ1n) is 6.41. The van der Waals surface area contributed by atoms with Gasteiger partial charge in [-0.2, -0.15) is 0 Å². The highest BCUT2D eigenvalue weighted by Gasteiger charge is 2.08. The summed E-state index contributed by atoms with van der Waals surface area (Å²) < 4.78 is 4.63. The largest absolute Gasteiger partial charge is 0.465 e. The number of carbonyl (C=O) groups excluding carboxylic acids is 2. The second kappa shape index (κ2) is 7.05. The Kier molecular flexibility index (Phi) is 4.88. The van der Waals surface area contributed by atoms with Gasteiger partial charge in [-0.05, 0) is 24.3 Å². The van der Waals surface area contributed by atoms with Crippen molar-refractivity contribution in [3.05, 3.63) is 78.0 Å². The summed E-state index contributed by atoms with van der Waals surface area (Å²) in [5.74, 6) is -0.653. The normalized spacial score (nSPS) is 10.3. The highest BCUT2D eigenvalue weighted by atomic mass is 16.5. The van der Waals surface area contributed by atoms with Gasteiger partial charge in [-0.25, -0.2) is 4.79 Å². The number of benzene rings is 2. The van der Waals surface area contributed by atoms with Crippen LogP contribution in [0.15, 0.2) is 66.9 Å². The number of methoxy groups -OCH3 is 1. The lowest BCUT2D eigenvalue weighted by Gasteiger charge is -2.02. The predicted octanol–water partition coefficient (Wildman–Crippen LogP) is 3.28. The van der Waals surface area contributed by atoms with Crippen molar-refractivity contribution in [3.8, 4) is 0 Å². The molecule has 1 N–H and O–H groups in total. The van der Waals surface area contributed by atoms with Crippen molar-refractivity contribution in [2.24, 2.45) is 0 Å². The maximum absolute atomic E-state index is 12.0. The van der Waals surface area contributed by atoms with Gasteiger partial charge in [0.05, 0.1) is 12.7 Å². The van der Waals surface area contributed by atoms with Crippen LogP contribution in [0.5, 0.6) is 0 Å². The fourth-order valence-electron chi connectivity index (χ4n) is 1.76. The average molecular weight is 281 g/mol. The molecule has 0 aromatic heterocycles. The highest BCUT2D eigenvalue weighted by Crippen LogP contribution is 2.09. The Morgan fingerprint density at radius 3 is 2.43 bits per heavy atom. The third-order valence-electron chi connectivity index (χ3n) is 2.83. The zero-order chi connectivity index (χ0) is 15.1. The monoisotopic (exact) mass is 281 g/mol. The molecule has 4 heteroatoms. The van der Waals surface area contributed by atoms with Crippen molar-refractivity contribution in [1.29, 1.82) is 0 Å². The number of allylic oxidation sites excluding steroid dienone is 1. The van der Waals surface area contributed by atoms with E-state index in [1.165, 1.54) is 19.3 Å². The fourth-order valence-corrected chi connectivity index (χ4v) is 1.76. The van der Waals surface area contributed by atoms with Crippen molar-refractivity contribution < 1.29 is 14.3 Å². The van der Waals surface area contributed by atoms with Gasteiger partial charge in [-0.1, -0.05) is 30.3 Å². The highest BCUT2D eigenvalue weighted by molar-refractivity contribution is 6.06. The molecule has 0 unspecified atom stereocenters. The lowest BCUT2D eigenvalue weighted by atomic mass is 10.1. The molecule has 0 atom stereocenters. The van der Waals surface area contributed by atoms with E-state index in [9.17, 15) is 9.59 Å². The smallest absolute Gasteiger partial charge is 0.337 e. The molecule has 4 nitrogen and oxygen atoms in total. The molecule has 0 aliphatic rings. The van der Waals surface area contributed by atoms with E-state index in [-0.39, 0.29) is 5.78 Å². The molecule has 0 heterocycles. The number of esters is 1. The molecule has 0 amide bonds. The molecule has 0 spiro atoms. The summed E-state index contributed by atoms with van der Waals surface area (Å²) in [5, 5.41) is 3.00. The molecule has 0 aliphatic heterocycles. The zero-order valence-electron chi connectivity index (χ0n) is 11.6. The maximum atomic E-state index is 12.0. The van der Waals surface area contributed by atoms with Crippen molar-refractivity contribution in [1.82, 2.24) is 0 Å². The third-order valence-corrected chi connectivity index (χ3v) is 2.83. The summed E-state index contributed by atoms with van der Waals surface area (Å²) in [6.07, 6.45) is 2.99. The van der Waals surface area contributed by atoms with Gasteiger partial charge >= 0.3 is 5.97 Å². The van der Waals surface area contributed by atoms with Crippen molar-refractivity contribution in [3.63, 3.8) is 0 Å². The molecule has 0 radical (unpaired) electrons. The summed E-state index contributed by atoms with van der Waals surface area (Å²) in [6, 6.07) is 15.9. The van der Waals surface area contributed by atoms with E-state index in [0.29, 0.717) is 11.1 Å². The van der Waals surface area contributed by atoms with Crippen molar-refractivity contribution in [2.45, 2.75) is 0 Å². The van der Waals surface area contributed by atoms with E-state index < -0.39 is 5.97 Å². The van der Waals surface area contributed by atoms with Crippen LogP contribution in [-0.2, 0) is 4.74 Å². The minimum absolute atomic E-state index is 0.191. The van der Waals surface area contributed by atoms with Gasteiger partial charge in [0.15, 0.2) is 5.78 Å². The van der Waals surface area contributed by atoms with Crippen LogP contribution in [0, 0.1) is 0 Å². The first kappa shape index (κ1) is 14.5. The molecular weight excluding hydrogens is 266 g/mol. The van der Waals surface area contributed by atoms with E-state index in [1.54, 1.807) is 24.4 Å². The van der Waals surface area contributed by atoms with E-state index in [2.05, 4.69) is 10.1 Å². The standard InChI is InChI=1S/C17H15NO3/c1-21-17(20)14-7-5-6-13(12-14)16(19)10-11-18-15-8-3-2-4-9-15/h2-12,18H,1H3. The SMILES string of the molecule is COC(=O)c1cccc(C(=O)C=CNc2ccccc2)c1. The number of anilines is 1. The van der Waals surface area contributed by atoms with Crippen LogP contribution in [0.1, 0.15) is 20.7 Å². The minimum Gasteiger partial charge on any atom is -0.465 e. The molecular formula is C17H15NO3. The number of ketones is 1. The molecule has 0 saturated heterocycles. The second-order valence-corrected chi connectivity index (χ2v) is 4.28. The third kappa shape index (κ3) is 4.04. The Labute approximate surface area is 123 Å². The Morgan fingerprint density at radius 2 is 1.71 bits per heavy atom. The van der Waals surface area contributed by atoms with Gasteiger partial charge in [0.25, 0.3) is 0 Å². The lowest BCUT2D eigenvalue weighted by Crippen LogP contribution is -2.03. The molecule has 0 bridgehead atoms. The number of nitrogens with one attached hydrogen (secondary N) is 1. The number of rotatable bonds is 5. The van der Waals surface area contributed by atoms with Crippen LogP contribution in [0.3, 0.4) is 0 Å². The molecule has 21 heavy (non-hydrogen) atoms. The topological polar surface area (TPSA) is 55.4 Å². The van der Waals surface area contributed by atoms with Gasteiger partial charge in [-0.15, -0.1) is 0 Å². The summed E-state index contributed by atoms with van der Waals surface area (Å²) >= 11 is 0. The number of hydrogen-bond acceptors (Lipinski definition) is 4. The predicted molar refractivity (Wildman–Crippen MR) is 81.3 cm³/mol. The minimum atomic E-state index is -0.462. The van der Waals surface area contributed by atoms with Crippen LogP contribution in [0.2, 0.25) is 0 Å². The van der Waals surface area contributed by atoms with E-state index in [4.69, 9.17) is 0 Å². The summed E-state index contributed by atoms with van der Waals surface area (Å²) in [5.41, 5.74) is 1.68. The summed E-state index contributed by atoms with van der Waals surface area (Å²) in [4.78, 5) is 23.4. The number of para-hydroxylation sites is 1. The Hall–Kier alpha value is -2.88. The van der Waals surface area contributed by atoms with Crippen molar-refractivity contribution in [2.75, 3.05) is 12.4 Å². The fraction of sp³-hybridized carbons (Fsp3) is 0.0588. The van der Waals surface area contributed by atoms with E-state index >= 15 is 0 Å². The molecule has 0 fully saturated rings. The molecule has 2 aromatic rings.